The lowest BCUT2D eigenvalue weighted by atomic mass is 10.1. The number of halogens is 1. The van der Waals surface area contributed by atoms with E-state index < -0.39 is 0 Å². The fourth-order valence-electron chi connectivity index (χ4n) is 3.13. The first-order valence-electron chi connectivity index (χ1n) is 7.75. The minimum Gasteiger partial charge on any atom is -0.360 e. The highest BCUT2D eigenvalue weighted by Gasteiger charge is 2.20. The van der Waals surface area contributed by atoms with Crippen LogP contribution in [0.15, 0.2) is 36.7 Å². The highest BCUT2D eigenvalue weighted by molar-refractivity contribution is 6.33. The summed E-state index contributed by atoms with van der Waals surface area (Å²) in [5, 5.41) is 5.09. The molecular weight excluding hydrogens is 310 g/mol. The Hall–Kier alpha value is -2.11. The van der Waals surface area contributed by atoms with E-state index in [0.29, 0.717) is 17.0 Å². The zero-order valence-electron chi connectivity index (χ0n) is 12.9. The van der Waals surface area contributed by atoms with Gasteiger partial charge >= 0.3 is 0 Å². The van der Waals surface area contributed by atoms with Crippen LogP contribution >= 0.6 is 11.6 Å². The molecule has 1 aliphatic rings. The summed E-state index contributed by atoms with van der Waals surface area (Å²) in [6.45, 7) is 2.11. The number of likely N-dealkylation sites (N-methyl/N-ethyl adjacent to an activating group) is 1. The third-order valence-electron chi connectivity index (χ3n) is 4.31. The zero-order valence-corrected chi connectivity index (χ0v) is 13.6. The third kappa shape index (κ3) is 2.78. The highest BCUT2D eigenvalue weighted by atomic mass is 35.5. The summed E-state index contributed by atoms with van der Waals surface area (Å²) in [6.07, 6.45) is 4.73. The Kier molecular flexibility index (Phi) is 3.67. The van der Waals surface area contributed by atoms with Crippen molar-refractivity contribution in [2.45, 2.75) is 12.5 Å². The largest absolute Gasteiger partial charge is 0.360 e. The van der Waals surface area contributed by atoms with E-state index in [4.69, 9.17) is 11.6 Å². The van der Waals surface area contributed by atoms with Gasteiger partial charge in [0.15, 0.2) is 0 Å². The lowest BCUT2D eigenvalue weighted by molar-refractivity contribution is 0.414. The Morgan fingerprint density at radius 1 is 1.35 bits per heavy atom. The van der Waals surface area contributed by atoms with Gasteiger partial charge in [-0.25, -0.2) is 9.97 Å². The van der Waals surface area contributed by atoms with E-state index in [0.717, 1.165) is 41.7 Å². The second-order valence-electron chi connectivity index (χ2n) is 6.03. The van der Waals surface area contributed by atoms with E-state index in [9.17, 15) is 0 Å². The smallest absolute Gasteiger partial charge is 0.223 e. The Morgan fingerprint density at radius 3 is 3.04 bits per heavy atom. The van der Waals surface area contributed by atoms with Crippen LogP contribution in [0.25, 0.3) is 22.2 Å². The molecule has 0 radical (unpaired) electrons. The summed E-state index contributed by atoms with van der Waals surface area (Å²) in [7, 11) is 2.13. The van der Waals surface area contributed by atoms with Gasteiger partial charge in [0, 0.05) is 35.2 Å². The van der Waals surface area contributed by atoms with Gasteiger partial charge in [0.25, 0.3) is 0 Å². The molecule has 23 heavy (non-hydrogen) atoms. The number of aromatic amines is 1. The van der Waals surface area contributed by atoms with Gasteiger partial charge in [-0.15, -0.1) is 0 Å². The van der Waals surface area contributed by atoms with Gasteiger partial charge in [-0.2, -0.15) is 0 Å². The Balaban J connectivity index is 1.69. The lowest BCUT2D eigenvalue weighted by Gasteiger charge is -2.13. The third-order valence-corrected chi connectivity index (χ3v) is 4.59. The van der Waals surface area contributed by atoms with Gasteiger partial charge in [0.2, 0.25) is 5.95 Å². The minimum absolute atomic E-state index is 0.386. The maximum absolute atomic E-state index is 6.35. The molecule has 5 nitrogen and oxygen atoms in total. The summed E-state index contributed by atoms with van der Waals surface area (Å²) in [4.78, 5) is 14.6. The van der Waals surface area contributed by atoms with Crippen molar-refractivity contribution >= 4 is 28.5 Å². The van der Waals surface area contributed by atoms with Crippen molar-refractivity contribution in [2.24, 2.45) is 0 Å². The number of likely N-dealkylation sites (tertiary alicyclic amines) is 1. The van der Waals surface area contributed by atoms with Crippen LogP contribution in [0.2, 0.25) is 5.02 Å². The summed E-state index contributed by atoms with van der Waals surface area (Å²) >= 11 is 6.35. The molecular formula is C17H18ClN5. The van der Waals surface area contributed by atoms with Crippen LogP contribution in [0.3, 0.4) is 0 Å². The molecule has 2 N–H and O–H groups in total. The molecule has 0 unspecified atom stereocenters. The quantitative estimate of drug-likeness (QED) is 0.774. The number of H-pyrrole nitrogens is 1. The van der Waals surface area contributed by atoms with Crippen LogP contribution in [0.5, 0.6) is 0 Å². The Morgan fingerprint density at radius 2 is 2.22 bits per heavy atom. The highest BCUT2D eigenvalue weighted by Crippen LogP contribution is 2.32. The van der Waals surface area contributed by atoms with Crippen LogP contribution in [0, 0.1) is 0 Å². The maximum Gasteiger partial charge on any atom is 0.223 e. The first-order valence-corrected chi connectivity index (χ1v) is 8.12. The molecule has 6 heteroatoms. The van der Waals surface area contributed by atoms with E-state index >= 15 is 0 Å². The standard InChI is InChI=1S/C17H18ClN5/c1-23-7-6-11(10-23)21-17-20-9-14(18)16(22-17)13-8-19-15-5-3-2-4-12(13)15/h2-5,8-9,11,19H,6-7,10H2,1H3,(H,20,21,22)/t11-/m1/s1. The number of benzene rings is 1. The van der Waals surface area contributed by atoms with Crippen molar-refractivity contribution in [3.8, 4) is 11.3 Å². The minimum atomic E-state index is 0.386. The SMILES string of the molecule is CN1CC[C@@H](Nc2ncc(Cl)c(-c3c[nH]c4ccccc34)n2)C1. The maximum atomic E-state index is 6.35. The van der Waals surface area contributed by atoms with Gasteiger partial charge < -0.3 is 15.2 Å². The molecule has 0 saturated carbocycles. The van der Waals surface area contributed by atoms with Gasteiger partial charge in [-0.05, 0) is 26.1 Å². The lowest BCUT2D eigenvalue weighted by Crippen LogP contribution is -2.24. The molecule has 3 heterocycles. The average molecular weight is 328 g/mol. The van der Waals surface area contributed by atoms with Crippen LogP contribution in [0.1, 0.15) is 6.42 Å². The molecule has 1 saturated heterocycles. The van der Waals surface area contributed by atoms with E-state index in [1.807, 2.05) is 24.4 Å². The fourth-order valence-corrected chi connectivity index (χ4v) is 3.32. The normalized spacial score (nSPS) is 18.6. The molecule has 118 valence electrons. The molecule has 1 aliphatic heterocycles. The van der Waals surface area contributed by atoms with Crippen molar-refractivity contribution in [2.75, 3.05) is 25.5 Å². The molecule has 4 rings (SSSR count). The van der Waals surface area contributed by atoms with Crippen molar-refractivity contribution < 1.29 is 0 Å². The Labute approximate surface area is 139 Å². The average Bonchev–Trinajstić information content (AvgIpc) is 3.15. The van der Waals surface area contributed by atoms with Crippen LogP contribution in [0.4, 0.5) is 5.95 Å². The monoisotopic (exact) mass is 327 g/mol. The van der Waals surface area contributed by atoms with E-state index in [2.05, 4.69) is 38.3 Å². The predicted octanol–water partition coefficient (Wildman–Crippen LogP) is 3.39. The molecule has 0 amide bonds. The number of nitrogens with zero attached hydrogens (tertiary/aromatic N) is 3. The van der Waals surface area contributed by atoms with Crippen molar-refractivity contribution in [3.63, 3.8) is 0 Å². The van der Waals surface area contributed by atoms with Gasteiger partial charge in [0.05, 0.1) is 16.9 Å². The number of nitrogens with one attached hydrogen (secondary N) is 2. The molecule has 1 atom stereocenters. The van der Waals surface area contributed by atoms with Gasteiger partial charge in [-0.3, -0.25) is 0 Å². The molecule has 2 aromatic heterocycles. The number of aromatic nitrogens is 3. The summed E-state index contributed by atoms with van der Waals surface area (Å²) < 4.78 is 0. The van der Waals surface area contributed by atoms with Crippen LogP contribution < -0.4 is 5.32 Å². The molecule has 0 bridgehead atoms. The number of hydrogen-bond acceptors (Lipinski definition) is 4. The first kappa shape index (κ1) is 14.5. The summed E-state index contributed by atoms with van der Waals surface area (Å²) in [6, 6.07) is 8.52. The van der Waals surface area contributed by atoms with Crippen LogP contribution in [-0.2, 0) is 0 Å². The van der Waals surface area contributed by atoms with E-state index in [1.165, 1.54) is 0 Å². The molecule has 0 aliphatic carbocycles. The predicted molar refractivity (Wildman–Crippen MR) is 93.9 cm³/mol. The number of para-hydroxylation sites is 1. The van der Waals surface area contributed by atoms with Crippen molar-refractivity contribution in [3.05, 3.63) is 41.7 Å². The topological polar surface area (TPSA) is 56.8 Å². The van der Waals surface area contributed by atoms with E-state index in [1.54, 1.807) is 6.20 Å². The van der Waals surface area contributed by atoms with Gasteiger partial charge in [0.1, 0.15) is 0 Å². The first-order chi connectivity index (χ1) is 11.2. The van der Waals surface area contributed by atoms with Crippen molar-refractivity contribution in [1.82, 2.24) is 19.9 Å². The molecule has 0 spiro atoms. The number of hydrogen-bond donors (Lipinski definition) is 2. The zero-order chi connectivity index (χ0) is 15.8. The second kappa shape index (κ2) is 5.83. The second-order valence-corrected chi connectivity index (χ2v) is 6.44. The number of fused-ring (bicyclic) bond motifs is 1. The van der Waals surface area contributed by atoms with Crippen molar-refractivity contribution in [1.29, 1.82) is 0 Å². The molecule has 3 aromatic rings. The molecule has 1 aromatic carbocycles. The van der Waals surface area contributed by atoms with Crippen LogP contribution in [-0.4, -0.2) is 46.0 Å². The molecule has 1 fully saturated rings. The number of anilines is 1. The summed E-state index contributed by atoms with van der Waals surface area (Å²) in [5.41, 5.74) is 2.83. The van der Waals surface area contributed by atoms with Gasteiger partial charge in [-0.1, -0.05) is 29.8 Å². The Bertz CT molecular complexity index is 844. The summed E-state index contributed by atoms with van der Waals surface area (Å²) in [5.74, 6) is 0.634. The van der Waals surface area contributed by atoms with E-state index in [-0.39, 0.29) is 0 Å². The fraction of sp³-hybridized carbons (Fsp3) is 0.294. The number of rotatable bonds is 3.